The fourth-order valence-corrected chi connectivity index (χ4v) is 2.89. The molecule has 2 aromatic rings. The molecular weight excluding hydrogens is 342 g/mol. The van der Waals surface area contributed by atoms with Crippen LogP contribution in [0, 0.1) is 0 Å². The summed E-state index contributed by atoms with van der Waals surface area (Å²) < 4.78 is 5.37. The topological polar surface area (TPSA) is 63.2 Å². The van der Waals surface area contributed by atoms with Crippen molar-refractivity contribution in [3.05, 3.63) is 65.7 Å². The lowest BCUT2D eigenvalue weighted by molar-refractivity contribution is -0.126. The fraction of sp³-hybridized carbons (Fsp3) is 0.333. The summed E-state index contributed by atoms with van der Waals surface area (Å²) in [5.41, 5.74) is 3.14. The Morgan fingerprint density at radius 2 is 1.89 bits per heavy atom. The normalized spacial score (nSPS) is 15.5. The standard InChI is InChI=1S/C21H25N3O3/c1-17(19-5-3-2-4-6-19)23-21(25)16-27-22-15-18-7-9-20(10-8-18)24-11-13-26-14-12-24/h2-10,15,17H,11-14,16H2,1H3,(H,23,25). The predicted molar refractivity (Wildman–Crippen MR) is 106 cm³/mol. The fourth-order valence-electron chi connectivity index (χ4n) is 2.89. The molecule has 1 aliphatic heterocycles. The highest BCUT2D eigenvalue weighted by molar-refractivity contribution is 5.80. The van der Waals surface area contributed by atoms with E-state index in [0.717, 1.165) is 37.4 Å². The number of rotatable bonds is 7. The van der Waals surface area contributed by atoms with Gasteiger partial charge >= 0.3 is 0 Å². The Balaban J connectivity index is 1.41. The summed E-state index contributed by atoms with van der Waals surface area (Å²) in [5.74, 6) is -0.203. The molecule has 1 saturated heterocycles. The van der Waals surface area contributed by atoms with Crippen molar-refractivity contribution in [2.45, 2.75) is 13.0 Å². The van der Waals surface area contributed by atoms with Gasteiger partial charge in [0, 0.05) is 18.8 Å². The monoisotopic (exact) mass is 367 g/mol. The van der Waals surface area contributed by atoms with Crippen LogP contribution in [0.15, 0.2) is 59.8 Å². The Bertz CT molecular complexity index is 741. The molecule has 1 N–H and O–H groups in total. The highest BCUT2D eigenvalue weighted by atomic mass is 16.6. The van der Waals surface area contributed by atoms with E-state index in [1.807, 2.05) is 49.4 Å². The molecule has 0 spiro atoms. The number of hydrogen-bond acceptors (Lipinski definition) is 5. The number of benzene rings is 2. The number of morpholine rings is 1. The molecule has 3 rings (SSSR count). The summed E-state index contributed by atoms with van der Waals surface area (Å²) in [6.45, 7) is 5.18. The summed E-state index contributed by atoms with van der Waals surface area (Å²) in [5, 5.41) is 6.77. The van der Waals surface area contributed by atoms with E-state index in [1.54, 1.807) is 6.21 Å². The van der Waals surface area contributed by atoms with Crippen LogP contribution in [-0.2, 0) is 14.4 Å². The average Bonchev–Trinajstić information content (AvgIpc) is 2.73. The van der Waals surface area contributed by atoms with Crippen LogP contribution < -0.4 is 10.2 Å². The van der Waals surface area contributed by atoms with Gasteiger partial charge in [0.25, 0.3) is 5.91 Å². The number of carbonyl (C=O) groups is 1. The van der Waals surface area contributed by atoms with Crippen LogP contribution in [0.25, 0.3) is 0 Å². The Morgan fingerprint density at radius 3 is 2.59 bits per heavy atom. The van der Waals surface area contributed by atoms with E-state index >= 15 is 0 Å². The number of amides is 1. The minimum atomic E-state index is -0.203. The van der Waals surface area contributed by atoms with Crippen molar-refractivity contribution in [2.75, 3.05) is 37.8 Å². The third-order valence-electron chi connectivity index (χ3n) is 4.42. The molecular formula is C21H25N3O3. The lowest BCUT2D eigenvalue weighted by atomic mass is 10.1. The van der Waals surface area contributed by atoms with Gasteiger partial charge in [-0.3, -0.25) is 4.79 Å². The zero-order valence-electron chi connectivity index (χ0n) is 15.5. The van der Waals surface area contributed by atoms with Crippen molar-refractivity contribution in [1.29, 1.82) is 0 Å². The van der Waals surface area contributed by atoms with Crippen molar-refractivity contribution in [3.8, 4) is 0 Å². The quantitative estimate of drug-likeness (QED) is 0.604. The SMILES string of the molecule is CC(NC(=O)CON=Cc1ccc(N2CCOCC2)cc1)c1ccccc1. The average molecular weight is 367 g/mol. The second kappa shape index (κ2) is 9.73. The Hall–Kier alpha value is -2.86. The van der Waals surface area contributed by atoms with Crippen LogP contribution in [0.1, 0.15) is 24.1 Å². The molecule has 1 unspecified atom stereocenters. The van der Waals surface area contributed by atoms with Gasteiger partial charge < -0.3 is 19.8 Å². The largest absolute Gasteiger partial charge is 0.386 e. The van der Waals surface area contributed by atoms with Crippen molar-refractivity contribution in [3.63, 3.8) is 0 Å². The Kier molecular flexibility index (Phi) is 6.82. The second-order valence-corrected chi connectivity index (χ2v) is 6.40. The predicted octanol–water partition coefficient (Wildman–Crippen LogP) is 2.75. The van der Waals surface area contributed by atoms with E-state index in [2.05, 4.69) is 27.5 Å². The lowest BCUT2D eigenvalue weighted by Gasteiger charge is -2.28. The molecule has 1 heterocycles. The molecule has 27 heavy (non-hydrogen) atoms. The van der Waals surface area contributed by atoms with Gasteiger partial charge in [-0.05, 0) is 30.2 Å². The van der Waals surface area contributed by atoms with E-state index in [0.29, 0.717) is 0 Å². The lowest BCUT2D eigenvalue weighted by Crippen LogP contribution is -2.36. The summed E-state index contributed by atoms with van der Waals surface area (Å²) in [6.07, 6.45) is 1.61. The number of nitrogens with zero attached hydrogens (tertiary/aromatic N) is 2. The molecule has 6 nitrogen and oxygen atoms in total. The summed E-state index contributed by atoms with van der Waals surface area (Å²) in [7, 11) is 0. The molecule has 1 amide bonds. The van der Waals surface area contributed by atoms with Crippen LogP contribution in [-0.4, -0.2) is 45.0 Å². The van der Waals surface area contributed by atoms with E-state index in [9.17, 15) is 4.79 Å². The molecule has 0 radical (unpaired) electrons. The van der Waals surface area contributed by atoms with Crippen LogP contribution >= 0.6 is 0 Å². The minimum Gasteiger partial charge on any atom is -0.386 e. The van der Waals surface area contributed by atoms with Crippen LogP contribution in [0.2, 0.25) is 0 Å². The number of nitrogens with one attached hydrogen (secondary N) is 1. The van der Waals surface area contributed by atoms with E-state index in [4.69, 9.17) is 9.57 Å². The van der Waals surface area contributed by atoms with Gasteiger partial charge in [0.05, 0.1) is 25.5 Å². The first-order chi connectivity index (χ1) is 13.2. The number of hydrogen-bond donors (Lipinski definition) is 1. The van der Waals surface area contributed by atoms with Gasteiger partial charge in [-0.25, -0.2) is 0 Å². The van der Waals surface area contributed by atoms with Gasteiger partial charge in [-0.1, -0.05) is 47.6 Å². The summed E-state index contributed by atoms with van der Waals surface area (Å²) >= 11 is 0. The smallest absolute Gasteiger partial charge is 0.261 e. The van der Waals surface area contributed by atoms with Crippen LogP contribution in [0.5, 0.6) is 0 Å². The van der Waals surface area contributed by atoms with E-state index in [1.165, 1.54) is 5.69 Å². The molecule has 2 aromatic carbocycles. The van der Waals surface area contributed by atoms with Crippen molar-refractivity contribution < 1.29 is 14.4 Å². The Labute approximate surface area is 159 Å². The number of oxime groups is 1. The molecule has 6 heteroatoms. The molecule has 0 aromatic heterocycles. The summed E-state index contributed by atoms with van der Waals surface area (Å²) in [4.78, 5) is 19.3. The molecule has 0 aliphatic carbocycles. The van der Waals surface area contributed by atoms with E-state index < -0.39 is 0 Å². The molecule has 142 valence electrons. The Morgan fingerprint density at radius 1 is 1.19 bits per heavy atom. The molecule has 0 bridgehead atoms. The van der Waals surface area contributed by atoms with E-state index in [-0.39, 0.29) is 18.6 Å². The van der Waals surface area contributed by atoms with Crippen LogP contribution in [0.3, 0.4) is 0 Å². The number of carbonyl (C=O) groups excluding carboxylic acids is 1. The first-order valence-corrected chi connectivity index (χ1v) is 9.15. The number of ether oxygens (including phenoxy) is 1. The third kappa shape index (κ3) is 5.82. The minimum absolute atomic E-state index is 0.0704. The molecule has 1 atom stereocenters. The van der Waals surface area contributed by atoms with Gasteiger partial charge in [0.1, 0.15) is 0 Å². The number of anilines is 1. The first kappa shape index (κ1) is 18.9. The van der Waals surface area contributed by atoms with Crippen LogP contribution in [0.4, 0.5) is 5.69 Å². The van der Waals surface area contributed by atoms with Crippen molar-refractivity contribution in [1.82, 2.24) is 5.32 Å². The maximum absolute atomic E-state index is 11.9. The molecule has 1 aliphatic rings. The van der Waals surface area contributed by atoms with Crippen molar-refractivity contribution in [2.24, 2.45) is 5.16 Å². The van der Waals surface area contributed by atoms with Gasteiger partial charge in [0.2, 0.25) is 0 Å². The highest BCUT2D eigenvalue weighted by Crippen LogP contribution is 2.16. The van der Waals surface area contributed by atoms with Gasteiger partial charge in [-0.2, -0.15) is 0 Å². The molecule has 0 saturated carbocycles. The molecule has 1 fully saturated rings. The zero-order chi connectivity index (χ0) is 18.9. The first-order valence-electron chi connectivity index (χ1n) is 9.15. The zero-order valence-corrected chi connectivity index (χ0v) is 15.5. The second-order valence-electron chi connectivity index (χ2n) is 6.40. The third-order valence-corrected chi connectivity index (χ3v) is 4.42. The highest BCUT2D eigenvalue weighted by Gasteiger charge is 2.11. The maximum Gasteiger partial charge on any atom is 0.261 e. The maximum atomic E-state index is 11.9. The van der Waals surface area contributed by atoms with Gasteiger partial charge in [0.15, 0.2) is 6.61 Å². The summed E-state index contributed by atoms with van der Waals surface area (Å²) in [6, 6.07) is 17.8. The van der Waals surface area contributed by atoms with Crippen molar-refractivity contribution >= 4 is 17.8 Å². The van der Waals surface area contributed by atoms with Gasteiger partial charge in [-0.15, -0.1) is 0 Å².